The highest BCUT2D eigenvalue weighted by Gasteiger charge is 2.47. The van der Waals surface area contributed by atoms with E-state index in [1.54, 1.807) is 27.7 Å². The Morgan fingerprint density at radius 2 is 1.52 bits per heavy atom. The summed E-state index contributed by atoms with van der Waals surface area (Å²) < 4.78 is 5.83. The van der Waals surface area contributed by atoms with Crippen molar-refractivity contribution in [2.45, 2.75) is 45.8 Å². The molecule has 1 aliphatic heterocycles. The molecule has 0 amide bonds. The Kier molecular flexibility index (Phi) is 4.08. The summed E-state index contributed by atoms with van der Waals surface area (Å²) in [5.41, 5.74) is 2.24. The highest BCUT2D eigenvalue weighted by atomic mass is 16.5. The molecule has 0 unspecified atom stereocenters. The Hall–Kier alpha value is -2.39. The van der Waals surface area contributed by atoms with Crippen molar-refractivity contribution in [2.24, 2.45) is 0 Å². The number of rotatable bonds is 2. The molecule has 1 heterocycles. The predicted octanol–water partition coefficient (Wildman–Crippen LogP) is 5.09. The van der Waals surface area contributed by atoms with Gasteiger partial charge in [0.1, 0.15) is 17.0 Å². The van der Waals surface area contributed by atoms with Crippen molar-refractivity contribution in [2.75, 3.05) is 0 Å². The fourth-order valence-electron chi connectivity index (χ4n) is 3.39. The zero-order chi connectivity index (χ0) is 18.4. The first-order valence-corrected chi connectivity index (χ1v) is 8.48. The Bertz CT molecular complexity index is 858. The van der Waals surface area contributed by atoms with E-state index >= 15 is 0 Å². The lowest BCUT2D eigenvalue weighted by Crippen LogP contribution is -2.49. The zero-order valence-corrected chi connectivity index (χ0v) is 15.4. The SMILES string of the molecule is Cc1ccc(-c2ccccc2)cc1C1=C(O)C(C)(C)OC(C)(C)C1=O. The number of hydrogen-bond donors (Lipinski definition) is 1. The smallest absolute Gasteiger partial charge is 0.198 e. The van der Waals surface area contributed by atoms with Crippen LogP contribution in [-0.2, 0) is 9.53 Å². The monoisotopic (exact) mass is 336 g/mol. The molecule has 0 atom stereocenters. The number of ketones is 1. The van der Waals surface area contributed by atoms with E-state index in [1.807, 2.05) is 55.5 Å². The van der Waals surface area contributed by atoms with E-state index in [-0.39, 0.29) is 11.5 Å². The van der Waals surface area contributed by atoms with Crippen LogP contribution in [0, 0.1) is 6.92 Å². The summed E-state index contributed by atoms with van der Waals surface area (Å²) in [6.45, 7) is 9.02. The van der Waals surface area contributed by atoms with Gasteiger partial charge in [0.15, 0.2) is 5.78 Å². The van der Waals surface area contributed by atoms with Crippen LogP contribution in [0.15, 0.2) is 54.3 Å². The van der Waals surface area contributed by atoms with Gasteiger partial charge in [0.25, 0.3) is 0 Å². The van der Waals surface area contributed by atoms with Crippen molar-refractivity contribution in [3.63, 3.8) is 0 Å². The lowest BCUT2D eigenvalue weighted by molar-refractivity contribution is -0.158. The number of aliphatic hydroxyl groups is 1. The van der Waals surface area contributed by atoms with Crippen molar-refractivity contribution in [1.29, 1.82) is 0 Å². The van der Waals surface area contributed by atoms with Gasteiger partial charge in [-0.05, 0) is 62.9 Å². The molecule has 25 heavy (non-hydrogen) atoms. The van der Waals surface area contributed by atoms with Gasteiger partial charge in [-0.25, -0.2) is 0 Å². The second kappa shape index (κ2) is 5.85. The van der Waals surface area contributed by atoms with Crippen LogP contribution in [0.5, 0.6) is 0 Å². The summed E-state index contributed by atoms with van der Waals surface area (Å²) in [5, 5.41) is 10.8. The number of carbonyl (C=O) groups is 1. The lowest BCUT2D eigenvalue weighted by atomic mass is 9.81. The summed E-state index contributed by atoms with van der Waals surface area (Å²) in [5.74, 6) is -0.206. The maximum atomic E-state index is 13.0. The number of carbonyl (C=O) groups excluding carboxylic acids is 1. The topological polar surface area (TPSA) is 46.5 Å². The van der Waals surface area contributed by atoms with Gasteiger partial charge in [-0.3, -0.25) is 4.79 Å². The fourth-order valence-corrected chi connectivity index (χ4v) is 3.39. The molecule has 1 aliphatic rings. The maximum Gasteiger partial charge on any atom is 0.198 e. The summed E-state index contributed by atoms with van der Waals surface area (Å²) in [6, 6.07) is 16.0. The Morgan fingerprint density at radius 3 is 2.16 bits per heavy atom. The summed E-state index contributed by atoms with van der Waals surface area (Å²) in [7, 11) is 0. The van der Waals surface area contributed by atoms with Gasteiger partial charge < -0.3 is 9.84 Å². The number of aryl methyl sites for hydroxylation is 1. The van der Waals surface area contributed by atoms with Crippen LogP contribution in [0.2, 0.25) is 0 Å². The predicted molar refractivity (Wildman–Crippen MR) is 100 cm³/mol. The van der Waals surface area contributed by atoms with Gasteiger partial charge in [-0.15, -0.1) is 0 Å². The third-order valence-corrected chi connectivity index (χ3v) is 4.71. The van der Waals surface area contributed by atoms with Crippen LogP contribution >= 0.6 is 0 Å². The molecule has 0 saturated carbocycles. The van der Waals surface area contributed by atoms with Crippen LogP contribution in [0.3, 0.4) is 0 Å². The first-order valence-electron chi connectivity index (χ1n) is 8.48. The molecule has 0 aromatic heterocycles. The van der Waals surface area contributed by atoms with Crippen molar-refractivity contribution in [3.8, 4) is 11.1 Å². The number of ether oxygens (including phenoxy) is 1. The largest absolute Gasteiger partial charge is 0.508 e. The molecule has 3 rings (SSSR count). The molecule has 3 heteroatoms. The van der Waals surface area contributed by atoms with Gasteiger partial charge in [-0.1, -0.05) is 42.5 Å². The lowest BCUT2D eigenvalue weighted by Gasteiger charge is -2.40. The third kappa shape index (κ3) is 3.00. The van der Waals surface area contributed by atoms with Gasteiger partial charge in [-0.2, -0.15) is 0 Å². The van der Waals surface area contributed by atoms with E-state index in [0.717, 1.165) is 22.3 Å². The molecule has 0 fully saturated rings. The van der Waals surface area contributed by atoms with E-state index < -0.39 is 11.2 Å². The average Bonchev–Trinajstić information content (AvgIpc) is 2.55. The van der Waals surface area contributed by atoms with E-state index in [4.69, 9.17) is 4.74 Å². The van der Waals surface area contributed by atoms with Crippen LogP contribution in [0.4, 0.5) is 0 Å². The van der Waals surface area contributed by atoms with Crippen molar-refractivity contribution in [3.05, 3.63) is 65.4 Å². The fraction of sp³-hybridized carbons (Fsp3) is 0.318. The molecule has 130 valence electrons. The normalized spacial score (nSPS) is 19.2. The van der Waals surface area contributed by atoms with E-state index in [9.17, 15) is 9.90 Å². The van der Waals surface area contributed by atoms with Gasteiger partial charge in [0, 0.05) is 0 Å². The molecule has 1 N–H and O–H groups in total. The molecule has 0 saturated heterocycles. The summed E-state index contributed by atoms with van der Waals surface area (Å²) in [4.78, 5) is 13.0. The van der Waals surface area contributed by atoms with Crippen molar-refractivity contribution in [1.82, 2.24) is 0 Å². The van der Waals surface area contributed by atoms with E-state index in [1.165, 1.54) is 0 Å². The molecule has 2 aromatic carbocycles. The number of aliphatic hydroxyl groups excluding tert-OH is 1. The molecule has 3 nitrogen and oxygen atoms in total. The van der Waals surface area contributed by atoms with Crippen LogP contribution < -0.4 is 0 Å². The van der Waals surface area contributed by atoms with Crippen LogP contribution in [0.1, 0.15) is 38.8 Å². The minimum Gasteiger partial charge on any atom is -0.508 e. The summed E-state index contributed by atoms with van der Waals surface area (Å²) >= 11 is 0. The molecular weight excluding hydrogens is 312 g/mol. The molecule has 0 bridgehead atoms. The minimum absolute atomic E-state index is 0.00913. The number of benzene rings is 2. The Balaban J connectivity index is 2.23. The molecule has 2 aromatic rings. The highest BCUT2D eigenvalue weighted by molar-refractivity contribution is 6.26. The zero-order valence-electron chi connectivity index (χ0n) is 15.4. The van der Waals surface area contributed by atoms with Crippen LogP contribution in [0.25, 0.3) is 16.7 Å². The van der Waals surface area contributed by atoms with Crippen molar-refractivity contribution >= 4 is 11.4 Å². The molecular formula is C22H24O3. The molecule has 0 spiro atoms. The van der Waals surface area contributed by atoms with E-state index in [0.29, 0.717) is 5.57 Å². The van der Waals surface area contributed by atoms with Gasteiger partial charge >= 0.3 is 0 Å². The van der Waals surface area contributed by atoms with Crippen molar-refractivity contribution < 1.29 is 14.6 Å². The first kappa shape index (κ1) is 17.4. The standard InChI is InChI=1S/C22H24O3/c1-14-11-12-16(15-9-7-6-8-10-15)13-17(14)18-19(23)21(2,3)25-22(4,5)20(18)24/h6-13,23H,1-5H3. The number of Topliss-reactive ketones (excluding diaryl/α,β-unsaturated/α-hetero) is 1. The maximum absolute atomic E-state index is 13.0. The summed E-state index contributed by atoms with van der Waals surface area (Å²) in [6.07, 6.45) is 0. The second-order valence-corrected chi connectivity index (χ2v) is 7.57. The van der Waals surface area contributed by atoms with Crippen LogP contribution in [-0.4, -0.2) is 22.1 Å². The highest BCUT2D eigenvalue weighted by Crippen LogP contribution is 2.41. The quantitative estimate of drug-likeness (QED) is 0.831. The second-order valence-electron chi connectivity index (χ2n) is 7.57. The third-order valence-electron chi connectivity index (χ3n) is 4.71. The van der Waals surface area contributed by atoms with Gasteiger partial charge in [0.05, 0.1) is 5.57 Å². The Labute approximate surface area is 149 Å². The molecule has 0 radical (unpaired) electrons. The Morgan fingerprint density at radius 1 is 0.880 bits per heavy atom. The first-order chi connectivity index (χ1) is 11.6. The van der Waals surface area contributed by atoms with Gasteiger partial charge in [0.2, 0.25) is 0 Å². The number of hydrogen-bond acceptors (Lipinski definition) is 3. The van der Waals surface area contributed by atoms with E-state index in [2.05, 4.69) is 0 Å². The molecule has 0 aliphatic carbocycles. The average molecular weight is 336 g/mol. The minimum atomic E-state index is -0.986.